The first kappa shape index (κ1) is 9.58. The molecule has 0 aliphatic rings. The zero-order chi connectivity index (χ0) is 10.5. The Bertz CT molecular complexity index is 428. The molecule has 0 aliphatic heterocycles. The van der Waals surface area contributed by atoms with E-state index in [4.69, 9.17) is 0 Å². The lowest BCUT2D eigenvalue weighted by Crippen LogP contribution is -1.97. The first-order valence-electron chi connectivity index (χ1n) is 4.76. The molecule has 0 radical (unpaired) electrons. The molecule has 0 bridgehead atoms. The summed E-state index contributed by atoms with van der Waals surface area (Å²) in [5.74, 6) is 0.837. The van der Waals surface area contributed by atoms with Gasteiger partial charge >= 0.3 is 0 Å². The van der Waals surface area contributed by atoms with Gasteiger partial charge in [0, 0.05) is 31.9 Å². The second-order valence-electron chi connectivity index (χ2n) is 3.18. The fraction of sp³-hybridized carbons (Fsp3) is 0.182. The summed E-state index contributed by atoms with van der Waals surface area (Å²) in [6, 6.07) is 5.90. The Kier molecular flexibility index (Phi) is 2.88. The summed E-state index contributed by atoms with van der Waals surface area (Å²) in [5, 5.41) is 2.99. The van der Waals surface area contributed by atoms with Crippen molar-refractivity contribution in [1.82, 2.24) is 15.0 Å². The molecule has 1 N–H and O–H groups in total. The van der Waals surface area contributed by atoms with E-state index < -0.39 is 0 Å². The summed E-state index contributed by atoms with van der Waals surface area (Å²) < 4.78 is 0. The Labute approximate surface area is 88.4 Å². The number of pyridine rings is 1. The molecule has 0 aromatic carbocycles. The van der Waals surface area contributed by atoms with Crippen molar-refractivity contribution in [3.8, 4) is 0 Å². The van der Waals surface area contributed by atoms with Gasteiger partial charge in [-0.3, -0.25) is 4.98 Å². The van der Waals surface area contributed by atoms with Gasteiger partial charge in [0.25, 0.3) is 0 Å². The lowest BCUT2D eigenvalue weighted by atomic mass is 10.1. The molecule has 2 aromatic heterocycles. The molecule has 0 fully saturated rings. The van der Waals surface area contributed by atoms with Crippen LogP contribution in [-0.2, 0) is 6.42 Å². The van der Waals surface area contributed by atoms with E-state index >= 15 is 0 Å². The molecule has 0 saturated heterocycles. The van der Waals surface area contributed by atoms with Gasteiger partial charge in [-0.15, -0.1) is 0 Å². The molecule has 0 saturated carbocycles. The van der Waals surface area contributed by atoms with Crippen LogP contribution in [0.4, 0.5) is 5.82 Å². The Morgan fingerprint density at radius 3 is 3.00 bits per heavy atom. The van der Waals surface area contributed by atoms with E-state index in [2.05, 4.69) is 20.3 Å². The number of hydrogen-bond donors (Lipinski definition) is 1. The van der Waals surface area contributed by atoms with Crippen molar-refractivity contribution in [1.29, 1.82) is 0 Å². The number of rotatable bonds is 3. The van der Waals surface area contributed by atoms with Crippen molar-refractivity contribution >= 4 is 5.82 Å². The fourth-order valence-electron chi connectivity index (χ4n) is 1.34. The van der Waals surface area contributed by atoms with Crippen LogP contribution in [0.5, 0.6) is 0 Å². The van der Waals surface area contributed by atoms with Crippen molar-refractivity contribution in [2.75, 3.05) is 12.4 Å². The Balaban J connectivity index is 2.17. The summed E-state index contributed by atoms with van der Waals surface area (Å²) in [6.45, 7) is 0. The number of nitrogens with zero attached hydrogens (tertiary/aromatic N) is 3. The van der Waals surface area contributed by atoms with Crippen LogP contribution in [0.25, 0.3) is 0 Å². The number of hydrogen-bond acceptors (Lipinski definition) is 4. The highest BCUT2D eigenvalue weighted by atomic mass is 15.0. The van der Waals surface area contributed by atoms with E-state index in [1.807, 2.05) is 31.4 Å². The van der Waals surface area contributed by atoms with Crippen LogP contribution in [0.2, 0.25) is 0 Å². The molecule has 76 valence electrons. The zero-order valence-electron chi connectivity index (χ0n) is 8.51. The minimum Gasteiger partial charge on any atom is -0.373 e. The molecular weight excluding hydrogens is 188 g/mol. The maximum Gasteiger partial charge on any atom is 0.129 e. The van der Waals surface area contributed by atoms with Gasteiger partial charge in [-0.25, -0.2) is 9.97 Å². The normalized spacial score (nSPS) is 9.93. The topological polar surface area (TPSA) is 50.7 Å². The van der Waals surface area contributed by atoms with Gasteiger partial charge in [0.15, 0.2) is 0 Å². The van der Waals surface area contributed by atoms with Crippen LogP contribution in [0, 0.1) is 0 Å². The van der Waals surface area contributed by atoms with E-state index in [0.717, 1.165) is 23.5 Å². The van der Waals surface area contributed by atoms with Crippen molar-refractivity contribution < 1.29 is 0 Å². The summed E-state index contributed by atoms with van der Waals surface area (Å²) in [7, 11) is 1.84. The van der Waals surface area contributed by atoms with Crippen LogP contribution in [0.15, 0.2) is 36.9 Å². The molecule has 0 atom stereocenters. The maximum absolute atomic E-state index is 4.20. The van der Waals surface area contributed by atoms with E-state index in [-0.39, 0.29) is 0 Å². The second-order valence-corrected chi connectivity index (χ2v) is 3.18. The average Bonchev–Trinajstić information content (AvgIpc) is 2.31. The molecule has 0 amide bonds. The highest BCUT2D eigenvalue weighted by Crippen LogP contribution is 2.08. The van der Waals surface area contributed by atoms with Crippen LogP contribution >= 0.6 is 0 Å². The monoisotopic (exact) mass is 200 g/mol. The number of nitrogens with one attached hydrogen (secondary N) is 1. The van der Waals surface area contributed by atoms with Gasteiger partial charge in [0.1, 0.15) is 12.1 Å². The molecule has 2 rings (SSSR count). The quantitative estimate of drug-likeness (QED) is 0.815. The van der Waals surface area contributed by atoms with E-state index in [9.17, 15) is 0 Å². The smallest absolute Gasteiger partial charge is 0.129 e. The molecule has 15 heavy (non-hydrogen) atoms. The molecule has 0 spiro atoms. The van der Waals surface area contributed by atoms with Crippen molar-refractivity contribution in [3.05, 3.63) is 48.2 Å². The maximum atomic E-state index is 4.20. The predicted octanol–water partition coefficient (Wildman–Crippen LogP) is 1.50. The summed E-state index contributed by atoms with van der Waals surface area (Å²) in [5.41, 5.74) is 2.14. The molecular formula is C11H12N4. The zero-order valence-corrected chi connectivity index (χ0v) is 8.51. The van der Waals surface area contributed by atoms with Crippen LogP contribution in [0.3, 0.4) is 0 Å². The summed E-state index contributed by atoms with van der Waals surface area (Å²) in [4.78, 5) is 12.3. The van der Waals surface area contributed by atoms with Gasteiger partial charge in [-0.2, -0.15) is 0 Å². The molecule has 2 aromatic rings. The van der Waals surface area contributed by atoms with E-state index in [1.54, 1.807) is 12.5 Å². The molecule has 4 nitrogen and oxygen atoms in total. The minimum absolute atomic E-state index is 0.783. The number of aromatic nitrogens is 3. The van der Waals surface area contributed by atoms with E-state index in [1.165, 1.54) is 0 Å². The number of anilines is 1. The fourth-order valence-corrected chi connectivity index (χ4v) is 1.34. The van der Waals surface area contributed by atoms with Crippen molar-refractivity contribution in [2.24, 2.45) is 0 Å². The van der Waals surface area contributed by atoms with Crippen molar-refractivity contribution in [3.63, 3.8) is 0 Å². The first-order valence-corrected chi connectivity index (χ1v) is 4.76. The third kappa shape index (κ3) is 2.49. The molecule has 0 aliphatic carbocycles. The largest absolute Gasteiger partial charge is 0.373 e. The van der Waals surface area contributed by atoms with E-state index in [0.29, 0.717) is 0 Å². The third-order valence-corrected chi connectivity index (χ3v) is 2.09. The van der Waals surface area contributed by atoms with Crippen LogP contribution in [-0.4, -0.2) is 22.0 Å². The highest BCUT2D eigenvalue weighted by molar-refractivity contribution is 5.35. The molecule has 4 heteroatoms. The van der Waals surface area contributed by atoms with Gasteiger partial charge in [0.2, 0.25) is 0 Å². The SMILES string of the molecule is CNc1cc(Cc2cccnc2)ncn1. The Morgan fingerprint density at radius 2 is 2.27 bits per heavy atom. The predicted molar refractivity (Wildman–Crippen MR) is 58.6 cm³/mol. The molecule has 2 heterocycles. The van der Waals surface area contributed by atoms with Crippen LogP contribution < -0.4 is 5.32 Å². The lowest BCUT2D eigenvalue weighted by Gasteiger charge is -2.02. The highest BCUT2D eigenvalue weighted by Gasteiger charge is 1.99. The van der Waals surface area contributed by atoms with Gasteiger partial charge in [-0.05, 0) is 11.6 Å². The second kappa shape index (κ2) is 4.50. The first-order chi connectivity index (χ1) is 7.38. The summed E-state index contributed by atoms with van der Waals surface area (Å²) >= 11 is 0. The molecule has 0 unspecified atom stereocenters. The lowest BCUT2D eigenvalue weighted by molar-refractivity contribution is 1.02. The standard InChI is InChI=1S/C11H12N4/c1-12-11-6-10(14-8-15-11)5-9-3-2-4-13-7-9/h2-4,6-8H,5H2,1H3,(H,12,14,15). The Hall–Kier alpha value is -1.97. The van der Waals surface area contributed by atoms with Gasteiger partial charge < -0.3 is 5.32 Å². The van der Waals surface area contributed by atoms with Crippen LogP contribution in [0.1, 0.15) is 11.3 Å². The van der Waals surface area contributed by atoms with Crippen molar-refractivity contribution in [2.45, 2.75) is 6.42 Å². The minimum atomic E-state index is 0.783. The van der Waals surface area contributed by atoms with Gasteiger partial charge in [0.05, 0.1) is 5.69 Å². The summed E-state index contributed by atoms with van der Waals surface area (Å²) in [6.07, 6.45) is 5.96. The Morgan fingerprint density at radius 1 is 1.33 bits per heavy atom. The average molecular weight is 200 g/mol. The van der Waals surface area contributed by atoms with Gasteiger partial charge in [-0.1, -0.05) is 6.07 Å². The third-order valence-electron chi connectivity index (χ3n) is 2.09.